The van der Waals surface area contributed by atoms with Crippen LogP contribution < -0.4 is 0 Å². The van der Waals surface area contributed by atoms with Crippen LogP contribution in [0, 0.1) is 11.3 Å². The first-order valence-corrected chi connectivity index (χ1v) is 4.99. The molecule has 0 saturated carbocycles. The summed E-state index contributed by atoms with van der Waals surface area (Å²) < 4.78 is 4.74. The quantitative estimate of drug-likeness (QED) is 0.623. The fraction of sp³-hybridized carbons (Fsp3) is 0.250. The number of carbonyl (C=O) groups is 2. The van der Waals surface area contributed by atoms with Gasteiger partial charge in [-0.3, -0.25) is 9.59 Å². The maximum absolute atomic E-state index is 11.2. The molecule has 1 rings (SSSR count). The van der Waals surface area contributed by atoms with Gasteiger partial charge in [0.15, 0.2) is 6.29 Å². The minimum atomic E-state index is -0.451. The first-order chi connectivity index (χ1) is 8.12. The normalized spacial score (nSPS) is 9.41. The fourth-order valence-electron chi connectivity index (χ4n) is 1.40. The maximum Gasteiger partial charge on any atom is 0.310 e. The smallest absolute Gasteiger partial charge is 0.310 e. The van der Waals surface area contributed by atoms with E-state index in [1.807, 2.05) is 0 Å². The van der Waals surface area contributed by atoms with Crippen molar-refractivity contribution in [1.29, 1.82) is 5.26 Å². The van der Waals surface area contributed by atoms with Crippen LogP contribution in [0.3, 0.4) is 0 Å². The Morgan fingerprint density at radius 2 is 2.29 bits per heavy atom. The predicted octanol–water partition coefficient (Wildman–Crippen LogP) is 1.18. The average Bonchev–Trinajstić information content (AvgIpc) is 2.28. The van der Waals surface area contributed by atoms with Crippen LogP contribution in [0.2, 0.25) is 0 Å². The van der Waals surface area contributed by atoms with E-state index >= 15 is 0 Å². The van der Waals surface area contributed by atoms with Crippen LogP contribution in [0.5, 0.6) is 5.75 Å². The molecule has 0 aliphatic carbocycles. The monoisotopic (exact) mass is 233 g/mol. The van der Waals surface area contributed by atoms with Crippen molar-refractivity contribution >= 4 is 12.3 Å². The van der Waals surface area contributed by atoms with E-state index in [1.165, 1.54) is 12.1 Å². The number of phenolic OH excluding ortho intramolecular Hbond substituents is 1. The number of ether oxygens (including phenoxy) is 1. The third kappa shape index (κ3) is 3.05. The molecular formula is C12H11NO4. The Bertz CT molecular complexity index is 488. The van der Waals surface area contributed by atoms with Crippen LogP contribution in [0.4, 0.5) is 0 Å². The van der Waals surface area contributed by atoms with Gasteiger partial charge in [0.05, 0.1) is 13.0 Å². The standard InChI is InChI=1S/C12H11NO4/c1-2-17-12(16)5-8-3-9(7-14)10(6-13)11(15)4-8/h3-4,7,15H,2,5H2,1H3. The zero-order chi connectivity index (χ0) is 12.8. The molecule has 0 bridgehead atoms. The van der Waals surface area contributed by atoms with Crippen LogP contribution in [0.25, 0.3) is 0 Å². The molecule has 1 aromatic rings. The zero-order valence-electron chi connectivity index (χ0n) is 9.27. The summed E-state index contributed by atoms with van der Waals surface area (Å²) in [7, 11) is 0. The summed E-state index contributed by atoms with van der Waals surface area (Å²) in [4.78, 5) is 21.9. The number of aldehydes is 1. The Morgan fingerprint density at radius 1 is 1.59 bits per heavy atom. The van der Waals surface area contributed by atoms with Gasteiger partial charge in [-0.2, -0.15) is 5.26 Å². The lowest BCUT2D eigenvalue weighted by Gasteiger charge is -2.05. The highest BCUT2D eigenvalue weighted by molar-refractivity contribution is 5.82. The molecule has 0 heterocycles. The molecule has 0 radical (unpaired) electrons. The van der Waals surface area contributed by atoms with Gasteiger partial charge in [0.25, 0.3) is 0 Å². The Hall–Kier alpha value is -2.35. The Balaban J connectivity index is 3.04. The Labute approximate surface area is 98.2 Å². The molecule has 0 aliphatic heterocycles. The van der Waals surface area contributed by atoms with Crippen LogP contribution in [0.1, 0.15) is 28.4 Å². The number of nitrogens with zero attached hydrogens (tertiary/aromatic N) is 1. The van der Waals surface area contributed by atoms with Gasteiger partial charge < -0.3 is 9.84 Å². The molecule has 1 N–H and O–H groups in total. The van der Waals surface area contributed by atoms with Gasteiger partial charge in [0.2, 0.25) is 0 Å². The van der Waals surface area contributed by atoms with Gasteiger partial charge in [-0.25, -0.2) is 0 Å². The second-order valence-corrected chi connectivity index (χ2v) is 3.29. The number of esters is 1. The highest BCUT2D eigenvalue weighted by Crippen LogP contribution is 2.22. The predicted molar refractivity (Wildman–Crippen MR) is 58.5 cm³/mol. The Kier molecular flexibility index (Phi) is 4.23. The highest BCUT2D eigenvalue weighted by Gasteiger charge is 2.12. The van der Waals surface area contributed by atoms with E-state index < -0.39 is 5.97 Å². The third-order valence-corrected chi connectivity index (χ3v) is 2.10. The number of hydrogen-bond donors (Lipinski definition) is 1. The minimum absolute atomic E-state index is 0.0477. The molecule has 5 heteroatoms. The van der Waals surface area contributed by atoms with Crippen molar-refractivity contribution in [2.45, 2.75) is 13.3 Å². The number of benzene rings is 1. The van der Waals surface area contributed by atoms with Crippen molar-refractivity contribution in [2.24, 2.45) is 0 Å². The molecule has 0 unspecified atom stereocenters. The van der Waals surface area contributed by atoms with Crippen molar-refractivity contribution in [3.63, 3.8) is 0 Å². The van der Waals surface area contributed by atoms with Gasteiger partial charge in [-0.05, 0) is 24.6 Å². The second kappa shape index (κ2) is 5.66. The van der Waals surface area contributed by atoms with Crippen LogP contribution in [-0.2, 0) is 16.0 Å². The number of rotatable bonds is 4. The summed E-state index contributed by atoms with van der Waals surface area (Å²) in [5, 5.41) is 18.2. The van der Waals surface area contributed by atoms with Crippen molar-refractivity contribution < 1.29 is 19.4 Å². The molecule has 0 saturated heterocycles. The topological polar surface area (TPSA) is 87.4 Å². The largest absolute Gasteiger partial charge is 0.507 e. The van der Waals surface area contributed by atoms with Crippen molar-refractivity contribution in [2.75, 3.05) is 6.61 Å². The number of hydrogen-bond acceptors (Lipinski definition) is 5. The highest BCUT2D eigenvalue weighted by atomic mass is 16.5. The van der Waals surface area contributed by atoms with Gasteiger partial charge >= 0.3 is 5.97 Å². The molecule has 1 aromatic carbocycles. The average molecular weight is 233 g/mol. The maximum atomic E-state index is 11.2. The van der Waals surface area contributed by atoms with E-state index in [0.29, 0.717) is 11.8 Å². The summed E-state index contributed by atoms with van der Waals surface area (Å²) >= 11 is 0. The van der Waals surface area contributed by atoms with Gasteiger partial charge in [0.1, 0.15) is 17.4 Å². The molecule has 0 amide bonds. The lowest BCUT2D eigenvalue weighted by Crippen LogP contribution is -2.08. The van der Waals surface area contributed by atoms with Crippen molar-refractivity contribution in [3.05, 3.63) is 28.8 Å². The van der Waals surface area contributed by atoms with E-state index in [0.717, 1.165) is 0 Å². The number of nitriles is 1. The van der Waals surface area contributed by atoms with Crippen LogP contribution >= 0.6 is 0 Å². The third-order valence-electron chi connectivity index (χ3n) is 2.10. The molecular weight excluding hydrogens is 222 g/mol. The van der Waals surface area contributed by atoms with Crippen LogP contribution in [-0.4, -0.2) is 24.0 Å². The summed E-state index contributed by atoms with van der Waals surface area (Å²) in [5.74, 6) is -0.759. The van der Waals surface area contributed by atoms with E-state index in [-0.39, 0.29) is 29.9 Å². The van der Waals surface area contributed by atoms with E-state index in [9.17, 15) is 14.7 Å². The summed E-state index contributed by atoms with van der Waals surface area (Å²) in [6.45, 7) is 1.95. The first-order valence-electron chi connectivity index (χ1n) is 4.99. The van der Waals surface area contributed by atoms with Gasteiger partial charge in [-0.15, -0.1) is 0 Å². The molecule has 0 spiro atoms. The molecule has 0 aliphatic rings. The summed E-state index contributed by atoms with van der Waals surface area (Å²) in [6, 6.07) is 4.39. The SMILES string of the molecule is CCOC(=O)Cc1cc(O)c(C#N)c(C=O)c1. The minimum Gasteiger partial charge on any atom is -0.507 e. The molecule has 5 nitrogen and oxygen atoms in total. The number of phenols is 1. The summed E-state index contributed by atoms with van der Waals surface area (Å²) in [6.07, 6.45) is 0.418. The molecule has 0 fully saturated rings. The first kappa shape index (κ1) is 12.7. The zero-order valence-corrected chi connectivity index (χ0v) is 9.27. The van der Waals surface area contributed by atoms with Gasteiger partial charge in [0, 0.05) is 5.56 Å². The van der Waals surface area contributed by atoms with E-state index in [1.54, 1.807) is 13.0 Å². The lowest BCUT2D eigenvalue weighted by atomic mass is 10.0. The second-order valence-electron chi connectivity index (χ2n) is 3.29. The van der Waals surface area contributed by atoms with E-state index in [2.05, 4.69) is 0 Å². The summed E-state index contributed by atoms with van der Waals surface area (Å²) in [5.41, 5.74) is 0.404. The van der Waals surface area contributed by atoms with Gasteiger partial charge in [-0.1, -0.05) is 0 Å². The molecule has 88 valence electrons. The fourth-order valence-corrected chi connectivity index (χ4v) is 1.40. The number of aromatic hydroxyl groups is 1. The lowest BCUT2D eigenvalue weighted by molar-refractivity contribution is -0.142. The van der Waals surface area contributed by atoms with Crippen LogP contribution in [0.15, 0.2) is 12.1 Å². The van der Waals surface area contributed by atoms with Crippen molar-refractivity contribution in [3.8, 4) is 11.8 Å². The molecule has 0 atom stereocenters. The Morgan fingerprint density at radius 3 is 2.82 bits per heavy atom. The van der Waals surface area contributed by atoms with E-state index in [4.69, 9.17) is 10.00 Å². The number of carbonyl (C=O) groups excluding carboxylic acids is 2. The van der Waals surface area contributed by atoms with Crippen molar-refractivity contribution in [1.82, 2.24) is 0 Å². The molecule has 0 aromatic heterocycles. The molecule has 17 heavy (non-hydrogen) atoms.